The van der Waals surface area contributed by atoms with E-state index in [0.717, 1.165) is 12.8 Å². The monoisotopic (exact) mass is 124 g/mol. The van der Waals surface area contributed by atoms with Gasteiger partial charge in [0.05, 0.1) is 0 Å². The molecule has 0 bridgehead atoms. The molecule has 9 heavy (non-hydrogen) atoms. The summed E-state index contributed by atoms with van der Waals surface area (Å²) in [5.41, 5.74) is 6.78. The molecule has 0 saturated carbocycles. The van der Waals surface area contributed by atoms with Crippen molar-refractivity contribution in [2.45, 2.75) is 25.8 Å². The fourth-order valence-electron chi connectivity index (χ4n) is 0.907. The zero-order chi connectivity index (χ0) is 6.69. The Kier molecular flexibility index (Phi) is 2.01. The summed E-state index contributed by atoms with van der Waals surface area (Å²) in [6.45, 7) is 2.00. The molecule has 0 aromatic carbocycles. The fraction of sp³-hybridized carbons (Fsp3) is 0.571. The van der Waals surface area contributed by atoms with Gasteiger partial charge in [0, 0.05) is 30.8 Å². The van der Waals surface area contributed by atoms with Gasteiger partial charge >= 0.3 is 0 Å². The first-order valence-corrected chi connectivity index (χ1v) is 3.25. The molecule has 2 N–H and O–H groups in total. The molecule has 0 aromatic heterocycles. The van der Waals surface area contributed by atoms with Crippen molar-refractivity contribution >= 4 is 5.71 Å². The summed E-state index contributed by atoms with van der Waals surface area (Å²) < 4.78 is 0. The van der Waals surface area contributed by atoms with Crippen LogP contribution < -0.4 is 5.73 Å². The molecule has 1 aliphatic rings. The van der Waals surface area contributed by atoms with Gasteiger partial charge in [-0.2, -0.15) is 0 Å². The van der Waals surface area contributed by atoms with Crippen LogP contribution in [0.4, 0.5) is 0 Å². The van der Waals surface area contributed by atoms with E-state index in [1.807, 2.05) is 13.1 Å². The lowest BCUT2D eigenvalue weighted by atomic mass is 10.1. The lowest BCUT2D eigenvalue weighted by Crippen LogP contribution is -2.18. The maximum atomic E-state index is 5.56. The molecule has 0 amide bonds. The van der Waals surface area contributed by atoms with Crippen LogP contribution in [0.3, 0.4) is 0 Å². The van der Waals surface area contributed by atoms with Gasteiger partial charge in [-0.1, -0.05) is 6.08 Å². The second kappa shape index (κ2) is 2.78. The third-order valence-electron chi connectivity index (χ3n) is 1.27. The van der Waals surface area contributed by atoms with Crippen LogP contribution in [0.5, 0.6) is 0 Å². The second-order valence-electron chi connectivity index (χ2n) is 2.47. The molecule has 0 aromatic rings. The van der Waals surface area contributed by atoms with Crippen LogP contribution in [-0.2, 0) is 0 Å². The normalized spacial score (nSPS) is 20.0. The standard InChI is InChI=1S/C7H12N2/c1-6(8)5-7-3-2-4-9-7/h2,4,6H,3,5,8H2,1H3/t6-/m1/s1. The number of nitrogens with two attached hydrogens (primary N) is 1. The van der Waals surface area contributed by atoms with E-state index in [1.54, 1.807) is 0 Å². The Morgan fingerprint density at radius 2 is 2.67 bits per heavy atom. The molecule has 0 unspecified atom stereocenters. The molecule has 1 atom stereocenters. The van der Waals surface area contributed by atoms with E-state index in [1.165, 1.54) is 5.71 Å². The number of hydrogen-bond donors (Lipinski definition) is 1. The summed E-state index contributed by atoms with van der Waals surface area (Å²) in [6.07, 6.45) is 5.84. The van der Waals surface area contributed by atoms with Gasteiger partial charge in [-0.25, -0.2) is 0 Å². The van der Waals surface area contributed by atoms with Gasteiger partial charge in [-0.05, 0) is 6.92 Å². The summed E-state index contributed by atoms with van der Waals surface area (Å²) in [4.78, 5) is 4.13. The van der Waals surface area contributed by atoms with E-state index in [-0.39, 0.29) is 6.04 Å². The number of aliphatic imine (C=N–C) groups is 1. The van der Waals surface area contributed by atoms with Gasteiger partial charge in [-0.3, -0.25) is 4.99 Å². The van der Waals surface area contributed by atoms with Gasteiger partial charge in [0.1, 0.15) is 0 Å². The SMILES string of the molecule is C[C@@H](N)CC1=NC=CC1. The highest BCUT2D eigenvalue weighted by Gasteiger charge is 2.02. The maximum Gasteiger partial charge on any atom is 0.0232 e. The first-order valence-electron chi connectivity index (χ1n) is 3.25. The number of nitrogens with zero attached hydrogens (tertiary/aromatic N) is 1. The van der Waals surface area contributed by atoms with Crippen molar-refractivity contribution in [3.8, 4) is 0 Å². The lowest BCUT2D eigenvalue weighted by molar-refractivity contribution is 0.775. The zero-order valence-electron chi connectivity index (χ0n) is 5.67. The van der Waals surface area contributed by atoms with Crippen LogP contribution in [0.1, 0.15) is 19.8 Å². The van der Waals surface area contributed by atoms with Crippen LogP contribution in [0.25, 0.3) is 0 Å². The van der Waals surface area contributed by atoms with Gasteiger partial charge in [0.25, 0.3) is 0 Å². The minimum atomic E-state index is 0.253. The quantitative estimate of drug-likeness (QED) is 0.587. The summed E-state index contributed by atoms with van der Waals surface area (Å²) >= 11 is 0. The van der Waals surface area contributed by atoms with Gasteiger partial charge < -0.3 is 5.73 Å². The molecule has 1 aliphatic heterocycles. The molecular weight excluding hydrogens is 112 g/mol. The first kappa shape index (κ1) is 6.49. The van der Waals surface area contributed by atoms with E-state index in [4.69, 9.17) is 5.73 Å². The highest BCUT2D eigenvalue weighted by atomic mass is 14.7. The Morgan fingerprint density at radius 3 is 3.11 bits per heavy atom. The molecule has 2 nitrogen and oxygen atoms in total. The average molecular weight is 124 g/mol. The minimum Gasteiger partial charge on any atom is -0.328 e. The maximum absolute atomic E-state index is 5.56. The lowest BCUT2D eigenvalue weighted by Gasteiger charge is -2.02. The molecular formula is C7H12N2. The van der Waals surface area contributed by atoms with Crippen LogP contribution in [0.2, 0.25) is 0 Å². The second-order valence-corrected chi connectivity index (χ2v) is 2.47. The van der Waals surface area contributed by atoms with Crippen molar-refractivity contribution < 1.29 is 0 Å². The topological polar surface area (TPSA) is 38.4 Å². The Labute approximate surface area is 55.5 Å². The predicted molar refractivity (Wildman–Crippen MR) is 39.5 cm³/mol. The van der Waals surface area contributed by atoms with E-state index >= 15 is 0 Å². The Hall–Kier alpha value is -0.630. The largest absolute Gasteiger partial charge is 0.328 e. The van der Waals surface area contributed by atoms with Crippen LogP contribution in [-0.4, -0.2) is 11.8 Å². The summed E-state index contributed by atoms with van der Waals surface area (Å²) in [5, 5.41) is 0. The van der Waals surface area contributed by atoms with Crippen LogP contribution >= 0.6 is 0 Å². The number of allylic oxidation sites excluding steroid dienone is 1. The van der Waals surface area contributed by atoms with Crippen molar-refractivity contribution in [1.29, 1.82) is 0 Å². The molecule has 50 valence electrons. The smallest absolute Gasteiger partial charge is 0.0232 e. The first-order chi connectivity index (χ1) is 4.29. The zero-order valence-corrected chi connectivity index (χ0v) is 5.67. The minimum absolute atomic E-state index is 0.253. The van der Waals surface area contributed by atoms with E-state index < -0.39 is 0 Å². The van der Waals surface area contributed by atoms with Gasteiger partial charge in [-0.15, -0.1) is 0 Å². The number of rotatable bonds is 2. The predicted octanol–water partition coefficient (Wildman–Crippen LogP) is 1.08. The van der Waals surface area contributed by atoms with Crippen molar-refractivity contribution in [2.24, 2.45) is 10.7 Å². The summed E-state index contributed by atoms with van der Waals surface area (Å²) in [5.74, 6) is 0. The molecule has 0 fully saturated rings. The van der Waals surface area contributed by atoms with Crippen molar-refractivity contribution in [2.75, 3.05) is 0 Å². The van der Waals surface area contributed by atoms with E-state index in [9.17, 15) is 0 Å². The summed E-state index contributed by atoms with van der Waals surface area (Å²) in [6, 6.07) is 0.253. The molecule has 0 spiro atoms. The van der Waals surface area contributed by atoms with Crippen molar-refractivity contribution in [1.82, 2.24) is 0 Å². The molecule has 0 aliphatic carbocycles. The third-order valence-corrected chi connectivity index (χ3v) is 1.27. The van der Waals surface area contributed by atoms with Crippen molar-refractivity contribution in [3.05, 3.63) is 12.3 Å². The van der Waals surface area contributed by atoms with E-state index in [2.05, 4.69) is 11.1 Å². The Bertz CT molecular complexity index is 145. The molecule has 1 rings (SSSR count). The van der Waals surface area contributed by atoms with Crippen LogP contribution in [0.15, 0.2) is 17.3 Å². The van der Waals surface area contributed by atoms with Gasteiger partial charge in [0.2, 0.25) is 0 Å². The Morgan fingerprint density at radius 1 is 1.89 bits per heavy atom. The van der Waals surface area contributed by atoms with Crippen LogP contribution in [0, 0.1) is 0 Å². The highest BCUT2D eigenvalue weighted by Crippen LogP contribution is 2.04. The molecule has 1 heterocycles. The number of hydrogen-bond acceptors (Lipinski definition) is 2. The average Bonchev–Trinajstić information content (AvgIpc) is 2.15. The Balaban J connectivity index is 2.30. The van der Waals surface area contributed by atoms with Gasteiger partial charge in [0.15, 0.2) is 0 Å². The molecule has 0 saturated heterocycles. The molecule has 0 radical (unpaired) electrons. The van der Waals surface area contributed by atoms with E-state index in [0.29, 0.717) is 0 Å². The third kappa shape index (κ3) is 1.98. The highest BCUT2D eigenvalue weighted by molar-refractivity contribution is 5.88. The fourth-order valence-corrected chi connectivity index (χ4v) is 0.907. The summed E-state index contributed by atoms with van der Waals surface area (Å²) in [7, 11) is 0. The molecule has 2 heteroatoms. The van der Waals surface area contributed by atoms with Crippen molar-refractivity contribution in [3.63, 3.8) is 0 Å².